The molecule has 0 radical (unpaired) electrons. The molecule has 0 saturated carbocycles. The Morgan fingerprint density at radius 3 is 1.09 bits per heavy atom. The lowest BCUT2D eigenvalue weighted by molar-refractivity contribution is 0.00578. The van der Waals surface area contributed by atoms with Crippen LogP contribution < -0.4 is 14.9 Å². The van der Waals surface area contributed by atoms with Gasteiger partial charge >= 0.3 is 7.12 Å². The Labute approximate surface area is 737 Å². The number of hydrogen-bond acceptors (Lipinski definition) is 10. The number of ether oxygens (including phenoxy) is 2. The van der Waals surface area contributed by atoms with Crippen LogP contribution in [0.5, 0.6) is 23.0 Å². The molecule has 2 unspecified atom stereocenters. The molecule has 126 heavy (non-hydrogen) atoms. The van der Waals surface area contributed by atoms with Crippen LogP contribution in [-0.4, -0.2) is 38.3 Å². The van der Waals surface area contributed by atoms with Crippen LogP contribution in [0.4, 0.5) is 0 Å². The molecule has 16 aromatic carbocycles. The van der Waals surface area contributed by atoms with Crippen LogP contribution >= 0.6 is 11.6 Å². The quantitative estimate of drug-likeness (QED) is 0.0961. The summed E-state index contributed by atoms with van der Waals surface area (Å²) in [5.41, 5.74) is 29.9. The summed E-state index contributed by atoms with van der Waals surface area (Å²) in [6.07, 6.45) is 0. The van der Waals surface area contributed by atoms with Crippen molar-refractivity contribution < 1.29 is 18.8 Å². The number of benzene rings is 16. The maximum Gasteiger partial charge on any atom is 0.495 e. The fraction of sp³-hybridized carbons (Fsp3) is 0.0702. The lowest BCUT2D eigenvalue weighted by atomic mass is 9.65. The van der Waals surface area contributed by atoms with Crippen molar-refractivity contribution >= 4 is 24.2 Å². The molecule has 2 atom stereocenters. The zero-order valence-electron chi connectivity index (χ0n) is 69.4. The normalized spacial score (nSPS) is 15.6. The van der Waals surface area contributed by atoms with Crippen LogP contribution in [0.1, 0.15) is 83.3 Å². The van der Waals surface area contributed by atoms with Gasteiger partial charge in [-0.1, -0.05) is 351 Å². The van der Waals surface area contributed by atoms with E-state index in [2.05, 4.69) is 294 Å². The molecule has 0 N–H and O–H groups in total. The van der Waals surface area contributed by atoms with Gasteiger partial charge < -0.3 is 18.8 Å². The number of nitrogens with zero attached hydrogens (tertiary/aromatic N) is 6. The number of halogens is 1. The predicted octanol–water partition coefficient (Wildman–Crippen LogP) is 27.3. The molecule has 12 heteroatoms. The maximum atomic E-state index is 9.55. The van der Waals surface area contributed by atoms with E-state index in [1.807, 2.05) is 146 Å². The number of nitriles is 2. The van der Waals surface area contributed by atoms with Gasteiger partial charge in [-0.15, -0.1) is 0 Å². The molecule has 2 aliphatic carbocycles. The van der Waals surface area contributed by atoms with Crippen LogP contribution in [0.25, 0.3) is 123 Å². The van der Waals surface area contributed by atoms with Gasteiger partial charge in [0.05, 0.1) is 62.4 Å². The Kier molecular flexibility index (Phi) is 19.6. The molecule has 2 aromatic heterocycles. The lowest BCUT2D eigenvalue weighted by Crippen LogP contribution is -2.41. The molecule has 1 fully saturated rings. The Bertz CT molecular complexity index is 7390. The number of rotatable bonds is 10. The van der Waals surface area contributed by atoms with Crippen molar-refractivity contribution in [1.29, 1.82) is 10.5 Å². The zero-order valence-corrected chi connectivity index (χ0v) is 70.1. The fourth-order valence-corrected chi connectivity index (χ4v) is 19.1. The van der Waals surface area contributed by atoms with Crippen LogP contribution in [0, 0.1) is 22.7 Å². The van der Waals surface area contributed by atoms with Gasteiger partial charge in [0.15, 0.2) is 11.6 Å². The minimum absolute atomic E-state index is 0.439. The van der Waals surface area contributed by atoms with Gasteiger partial charge in [0.2, 0.25) is 0 Å². The molecular formula is C114H78BClN6O4. The molecule has 23 rings (SSSR count). The van der Waals surface area contributed by atoms with Crippen molar-refractivity contribution in [2.75, 3.05) is 0 Å². The minimum atomic E-state index is -0.684. The van der Waals surface area contributed by atoms with Crippen molar-refractivity contribution in [2.45, 2.75) is 49.7 Å². The first-order chi connectivity index (χ1) is 61.8. The highest BCUT2D eigenvalue weighted by Gasteiger charge is 2.57. The largest absolute Gasteiger partial charge is 0.495 e. The minimum Gasteiger partial charge on any atom is -0.456 e. The van der Waals surface area contributed by atoms with Gasteiger partial charge in [0.1, 0.15) is 28.2 Å². The van der Waals surface area contributed by atoms with Crippen molar-refractivity contribution in [2.24, 2.45) is 0 Å². The fourth-order valence-electron chi connectivity index (χ4n) is 19.0. The predicted molar refractivity (Wildman–Crippen MR) is 504 cm³/mol. The first-order valence-electron chi connectivity index (χ1n) is 42.3. The standard InChI is InChI=1S/C54H33N3O.C38H30BNO3.C22H15ClN2/c55-34-35-28-30-37(31-29-35)41-21-12-26-47-52(41)58-50-27-10-9-24-45(50)54(47)44-23-8-7-20-42(44)51-43(22-13-25-46(51)54)49-33-48(56-53(57-49)38-16-5-2-6-17-38)40-19-11-18-39(32-40)36-14-3-1-4-15-36;1-36(2)37(3,4)43-39(42-36)32-17-10-15-30-34(32)27-11-5-6-13-28(27)38(30)29-14-7-8-18-33(29)41-35-26(12-9-16-31(35)38)25-21-19-24(23-40)20-22-25;23-21-15-20(24-22(25-21)17-10-5-2-6-11-17)19-13-7-12-18(14-19)16-8-3-1-4-9-16/h1-33H;5-22H,1-4H3;1-15H. The summed E-state index contributed by atoms with van der Waals surface area (Å²) in [5.74, 6) is 4.60. The number of para-hydroxylation sites is 4. The van der Waals surface area contributed by atoms with Gasteiger partial charge in [-0.2, -0.15) is 10.5 Å². The Hall–Kier alpha value is -15.5. The van der Waals surface area contributed by atoms with Crippen molar-refractivity contribution in [1.82, 2.24) is 19.9 Å². The summed E-state index contributed by atoms with van der Waals surface area (Å²) in [6, 6.07) is 142. The molecular weight excluding hydrogens is 1560 g/mol. The lowest BCUT2D eigenvalue weighted by Gasteiger charge is -2.40. The highest BCUT2D eigenvalue weighted by molar-refractivity contribution is 6.64. The smallest absolute Gasteiger partial charge is 0.456 e. The molecule has 5 heterocycles. The Morgan fingerprint density at radius 1 is 0.270 bits per heavy atom. The second-order valence-corrected chi connectivity index (χ2v) is 33.5. The number of hydrogen-bond donors (Lipinski definition) is 0. The molecule has 5 aliphatic rings. The van der Waals surface area contributed by atoms with E-state index in [4.69, 9.17) is 45.3 Å². The van der Waals surface area contributed by atoms with E-state index in [0.29, 0.717) is 27.9 Å². The summed E-state index contributed by atoms with van der Waals surface area (Å²) >= 11 is 6.26. The summed E-state index contributed by atoms with van der Waals surface area (Å²) < 4.78 is 27.0. The average molecular weight is 1640 g/mol. The molecule has 2 spiro atoms. The molecule has 0 bridgehead atoms. The SMILES string of the molecule is CC1(C)OB(c2cccc3c2-c2ccccc2C32c3ccccc3Oc3c(-c4ccc(C#N)cc4)cccc32)OC1(C)C.Clc1cc(-c2cccc(-c3ccccc3)c2)nc(-c2ccccc2)n1.N#Cc1ccc(-c2cccc3c2Oc2ccccc2C32c3ccccc3-c3c(-c4cc(-c5cccc(-c6ccccc6)c5)nc(-c5ccccc5)n4)cccc32)cc1. The van der Waals surface area contributed by atoms with Gasteiger partial charge in [0, 0.05) is 67.3 Å². The molecule has 0 amide bonds. The molecule has 1 saturated heterocycles. The van der Waals surface area contributed by atoms with Crippen LogP contribution in [0.3, 0.4) is 0 Å². The van der Waals surface area contributed by atoms with E-state index in [1.165, 1.54) is 33.4 Å². The molecule has 10 nitrogen and oxygen atoms in total. The summed E-state index contributed by atoms with van der Waals surface area (Å²) in [4.78, 5) is 19.7. The van der Waals surface area contributed by atoms with E-state index in [0.717, 1.165) is 151 Å². The van der Waals surface area contributed by atoms with Crippen LogP contribution in [0.2, 0.25) is 5.15 Å². The summed E-state index contributed by atoms with van der Waals surface area (Å²) in [5, 5.41) is 19.4. The highest BCUT2D eigenvalue weighted by Crippen LogP contribution is 2.66. The second kappa shape index (κ2) is 31.8. The summed E-state index contributed by atoms with van der Waals surface area (Å²) in [7, 11) is -0.498. The molecule has 598 valence electrons. The van der Waals surface area contributed by atoms with E-state index in [-0.39, 0.29) is 0 Å². The third kappa shape index (κ3) is 13.3. The van der Waals surface area contributed by atoms with Crippen molar-refractivity contribution in [3.8, 4) is 158 Å². The molecule has 3 aliphatic heterocycles. The average Bonchev–Trinajstić information content (AvgIpc) is 1.50. The van der Waals surface area contributed by atoms with E-state index < -0.39 is 29.2 Å². The van der Waals surface area contributed by atoms with Crippen molar-refractivity contribution in [3.05, 3.63) is 461 Å². The highest BCUT2D eigenvalue weighted by atomic mass is 35.5. The Balaban J connectivity index is 0.000000125. The van der Waals surface area contributed by atoms with Gasteiger partial charge in [-0.05, 0) is 166 Å². The van der Waals surface area contributed by atoms with Crippen LogP contribution in [-0.2, 0) is 20.1 Å². The van der Waals surface area contributed by atoms with Gasteiger partial charge in [-0.3, -0.25) is 0 Å². The topological polar surface area (TPSA) is 136 Å². The number of fused-ring (bicyclic) bond motifs is 18. The van der Waals surface area contributed by atoms with Crippen molar-refractivity contribution in [3.63, 3.8) is 0 Å². The monoisotopic (exact) mass is 1640 g/mol. The maximum absolute atomic E-state index is 9.55. The van der Waals surface area contributed by atoms with Gasteiger partial charge in [-0.25, -0.2) is 19.9 Å². The van der Waals surface area contributed by atoms with Crippen LogP contribution in [0.15, 0.2) is 400 Å². The third-order valence-electron chi connectivity index (χ3n) is 25.5. The third-order valence-corrected chi connectivity index (χ3v) is 25.7. The second-order valence-electron chi connectivity index (χ2n) is 33.1. The first-order valence-corrected chi connectivity index (χ1v) is 42.7. The Morgan fingerprint density at radius 2 is 0.611 bits per heavy atom. The number of aromatic nitrogens is 4. The van der Waals surface area contributed by atoms with E-state index >= 15 is 0 Å². The van der Waals surface area contributed by atoms with E-state index in [1.54, 1.807) is 6.07 Å². The first kappa shape index (κ1) is 77.8. The molecule has 18 aromatic rings. The zero-order chi connectivity index (χ0) is 85.3. The van der Waals surface area contributed by atoms with E-state index in [9.17, 15) is 10.5 Å². The summed E-state index contributed by atoms with van der Waals surface area (Å²) in [6.45, 7) is 8.39. The van der Waals surface area contributed by atoms with Gasteiger partial charge in [0.25, 0.3) is 0 Å².